The molecule has 108 valence electrons. The predicted octanol–water partition coefficient (Wildman–Crippen LogP) is 3.43. The Balaban J connectivity index is 2.13. The molecule has 0 spiro atoms. The maximum Gasteiger partial charge on any atom is 0.263 e. The van der Waals surface area contributed by atoms with Gasteiger partial charge in [-0.2, -0.15) is 0 Å². The number of anilines is 1. The number of aromatic nitrogens is 1. The molecule has 0 aliphatic carbocycles. The molecular formula is C15H21N3OS. The van der Waals surface area contributed by atoms with E-state index >= 15 is 0 Å². The molecular weight excluding hydrogens is 270 g/mol. The number of nitrogens with one attached hydrogen (secondary N) is 1. The van der Waals surface area contributed by atoms with Gasteiger partial charge >= 0.3 is 0 Å². The third-order valence-corrected chi connectivity index (χ3v) is 4.67. The summed E-state index contributed by atoms with van der Waals surface area (Å²) in [4.78, 5) is 17.9. The van der Waals surface area contributed by atoms with Crippen molar-refractivity contribution in [3.05, 3.63) is 23.2 Å². The Morgan fingerprint density at radius 1 is 1.50 bits per heavy atom. The van der Waals surface area contributed by atoms with E-state index in [1.54, 1.807) is 6.20 Å². The molecule has 1 amide bonds. The van der Waals surface area contributed by atoms with Crippen LogP contribution in [-0.4, -0.2) is 16.9 Å². The average molecular weight is 291 g/mol. The van der Waals surface area contributed by atoms with Crippen LogP contribution in [0.1, 0.15) is 43.3 Å². The fourth-order valence-corrected chi connectivity index (χ4v) is 3.20. The molecule has 4 nitrogen and oxygen atoms in total. The Kier molecular flexibility index (Phi) is 4.60. The van der Waals surface area contributed by atoms with Gasteiger partial charge in [0.25, 0.3) is 5.91 Å². The van der Waals surface area contributed by atoms with Crippen LogP contribution in [0.2, 0.25) is 0 Å². The standard InChI is InChI=1S/C15H21N3OS/c1-4-9(2)8-10(3)18-14(19)13-12(16)11-6-5-7-17-15(11)20-13/h5-7,9-10H,4,8,16H2,1-3H3,(H,18,19). The van der Waals surface area contributed by atoms with Gasteiger partial charge in [0.2, 0.25) is 0 Å². The largest absolute Gasteiger partial charge is 0.397 e. The second kappa shape index (κ2) is 6.22. The van der Waals surface area contributed by atoms with Crippen molar-refractivity contribution in [2.75, 3.05) is 5.73 Å². The number of fused-ring (bicyclic) bond motifs is 1. The van der Waals surface area contributed by atoms with Crippen molar-refractivity contribution in [1.82, 2.24) is 10.3 Å². The topological polar surface area (TPSA) is 68.0 Å². The number of nitrogen functional groups attached to an aromatic ring is 1. The first-order chi connectivity index (χ1) is 9.52. The third kappa shape index (κ3) is 3.10. The Morgan fingerprint density at radius 2 is 2.25 bits per heavy atom. The molecule has 0 aromatic carbocycles. The first-order valence-corrected chi connectivity index (χ1v) is 7.78. The van der Waals surface area contributed by atoms with Crippen molar-refractivity contribution in [2.24, 2.45) is 5.92 Å². The highest BCUT2D eigenvalue weighted by molar-refractivity contribution is 7.21. The fraction of sp³-hybridized carbons (Fsp3) is 0.467. The van der Waals surface area contributed by atoms with Crippen LogP contribution in [0.5, 0.6) is 0 Å². The Labute approximate surface area is 123 Å². The summed E-state index contributed by atoms with van der Waals surface area (Å²) >= 11 is 1.35. The summed E-state index contributed by atoms with van der Waals surface area (Å²) in [7, 11) is 0. The molecule has 3 N–H and O–H groups in total. The van der Waals surface area contributed by atoms with Crippen molar-refractivity contribution >= 4 is 33.1 Å². The molecule has 0 aliphatic heterocycles. The van der Waals surface area contributed by atoms with Crippen molar-refractivity contribution in [3.63, 3.8) is 0 Å². The number of carbonyl (C=O) groups excluding carboxylic acids is 1. The molecule has 0 saturated heterocycles. The highest BCUT2D eigenvalue weighted by Gasteiger charge is 2.18. The second-order valence-electron chi connectivity index (χ2n) is 5.32. The van der Waals surface area contributed by atoms with Crippen molar-refractivity contribution in [2.45, 2.75) is 39.7 Å². The van der Waals surface area contributed by atoms with E-state index in [1.807, 2.05) is 19.1 Å². The summed E-state index contributed by atoms with van der Waals surface area (Å²) < 4.78 is 0. The van der Waals surface area contributed by atoms with E-state index in [-0.39, 0.29) is 11.9 Å². The Bertz CT molecular complexity index is 608. The zero-order chi connectivity index (χ0) is 14.7. The van der Waals surface area contributed by atoms with Gasteiger partial charge in [0.1, 0.15) is 9.71 Å². The highest BCUT2D eigenvalue weighted by atomic mass is 32.1. The molecule has 0 fully saturated rings. The van der Waals surface area contributed by atoms with Gasteiger partial charge in [0.05, 0.1) is 5.69 Å². The lowest BCUT2D eigenvalue weighted by molar-refractivity contribution is 0.0940. The minimum atomic E-state index is -0.0960. The number of carbonyl (C=O) groups is 1. The molecule has 2 aromatic heterocycles. The van der Waals surface area contributed by atoms with Gasteiger partial charge in [-0.05, 0) is 31.4 Å². The summed E-state index contributed by atoms with van der Waals surface area (Å²) in [6.07, 6.45) is 3.81. The lowest BCUT2D eigenvalue weighted by atomic mass is 10.0. The number of nitrogens with zero attached hydrogens (tertiary/aromatic N) is 1. The monoisotopic (exact) mass is 291 g/mol. The number of amides is 1. The molecule has 0 saturated carbocycles. The minimum Gasteiger partial charge on any atom is -0.397 e. The first-order valence-electron chi connectivity index (χ1n) is 6.96. The molecule has 2 aromatic rings. The lowest BCUT2D eigenvalue weighted by Crippen LogP contribution is -2.33. The number of pyridine rings is 1. The number of thiophene rings is 1. The average Bonchev–Trinajstić information content (AvgIpc) is 2.76. The van der Waals surface area contributed by atoms with E-state index < -0.39 is 0 Å². The van der Waals surface area contributed by atoms with Crippen LogP contribution in [-0.2, 0) is 0 Å². The molecule has 0 radical (unpaired) electrons. The normalized spacial score (nSPS) is 14.2. The Morgan fingerprint density at radius 3 is 2.90 bits per heavy atom. The smallest absolute Gasteiger partial charge is 0.263 e. The molecule has 5 heteroatoms. The van der Waals surface area contributed by atoms with E-state index in [0.717, 1.165) is 23.1 Å². The summed E-state index contributed by atoms with van der Waals surface area (Å²) in [6.45, 7) is 6.39. The first kappa shape index (κ1) is 14.8. The molecule has 2 rings (SSSR count). The summed E-state index contributed by atoms with van der Waals surface area (Å²) in [5.74, 6) is 0.507. The van der Waals surface area contributed by atoms with Gasteiger partial charge < -0.3 is 11.1 Å². The van der Waals surface area contributed by atoms with E-state index in [4.69, 9.17) is 5.73 Å². The van der Waals surface area contributed by atoms with Crippen molar-refractivity contribution in [3.8, 4) is 0 Å². The van der Waals surface area contributed by atoms with Crippen LogP contribution >= 0.6 is 11.3 Å². The summed E-state index contributed by atoms with van der Waals surface area (Å²) in [6, 6.07) is 3.88. The number of rotatable bonds is 5. The van der Waals surface area contributed by atoms with Crippen molar-refractivity contribution < 1.29 is 4.79 Å². The third-order valence-electron chi connectivity index (χ3n) is 3.54. The lowest BCUT2D eigenvalue weighted by Gasteiger charge is -2.17. The molecule has 2 heterocycles. The van der Waals surface area contributed by atoms with Crippen LogP contribution in [0.4, 0.5) is 5.69 Å². The van der Waals surface area contributed by atoms with Gasteiger partial charge in [-0.25, -0.2) is 4.98 Å². The molecule has 0 bridgehead atoms. The number of nitrogens with two attached hydrogens (primary N) is 1. The highest BCUT2D eigenvalue weighted by Crippen LogP contribution is 2.31. The van der Waals surface area contributed by atoms with Gasteiger partial charge in [0, 0.05) is 17.6 Å². The zero-order valence-corrected chi connectivity index (χ0v) is 13.0. The quantitative estimate of drug-likeness (QED) is 0.886. The summed E-state index contributed by atoms with van der Waals surface area (Å²) in [5.41, 5.74) is 6.59. The van der Waals surface area contributed by atoms with Gasteiger partial charge in [-0.3, -0.25) is 4.79 Å². The molecule has 2 atom stereocenters. The van der Waals surface area contributed by atoms with Gasteiger partial charge in [-0.15, -0.1) is 11.3 Å². The maximum absolute atomic E-state index is 12.3. The maximum atomic E-state index is 12.3. The SMILES string of the molecule is CCC(C)CC(C)NC(=O)c1sc2ncccc2c1N. The van der Waals surface area contributed by atoms with Crippen molar-refractivity contribution in [1.29, 1.82) is 0 Å². The van der Waals surface area contributed by atoms with Crippen LogP contribution in [0.25, 0.3) is 10.2 Å². The Hall–Kier alpha value is -1.62. The molecule has 0 aliphatic rings. The van der Waals surface area contributed by atoms with E-state index in [0.29, 0.717) is 16.5 Å². The van der Waals surface area contributed by atoms with Crippen LogP contribution < -0.4 is 11.1 Å². The zero-order valence-electron chi connectivity index (χ0n) is 12.1. The van der Waals surface area contributed by atoms with Gasteiger partial charge in [0.15, 0.2) is 0 Å². The fourth-order valence-electron chi connectivity index (χ4n) is 2.24. The molecule has 20 heavy (non-hydrogen) atoms. The summed E-state index contributed by atoms with van der Waals surface area (Å²) in [5, 5.41) is 3.89. The van der Waals surface area contributed by atoms with E-state index in [1.165, 1.54) is 11.3 Å². The van der Waals surface area contributed by atoms with Crippen LogP contribution in [0, 0.1) is 5.92 Å². The number of hydrogen-bond acceptors (Lipinski definition) is 4. The second-order valence-corrected chi connectivity index (χ2v) is 6.32. The van der Waals surface area contributed by atoms with Gasteiger partial charge in [-0.1, -0.05) is 20.3 Å². The minimum absolute atomic E-state index is 0.0960. The molecule has 2 unspecified atom stereocenters. The van der Waals surface area contributed by atoms with Crippen LogP contribution in [0.15, 0.2) is 18.3 Å². The van der Waals surface area contributed by atoms with E-state index in [9.17, 15) is 4.79 Å². The number of hydrogen-bond donors (Lipinski definition) is 2. The van der Waals surface area contributed by atoms with E-state index in [2.05, 4.69) is 24.1 Å². The predicted molar refractivity (Wildman–Crippen MR) is 85.0 cm³/mol. The van der Waals surface area contributed by atoms with Crippen LogP contribution in [0.3, 0.4) is 0 Å².